The van der Waals surface area contributed by atoms with Crippen molar-refractivity contribution in [2.45, 2.75) is 50.9 Å². The first-order chi connectivity index (χ1) is 15.8. The second-order valence-electron chi connectivity index (χ2n) is 7.95. The monoisotopic (exact) mass is 498 g/mol. The number of hydrogen-bond donors (Lipinski definition) is 8. The SMILES string of the molecule is CC(C)C(NC(=O)C(N)CS)C(=O)NC(Cc1ccc(O)cc1)C(=O)NC(CC(=O)O)C(=O)O. The van der Waals surface area contributed by atoms with Gasteiger partial charge in [0.25, 0.3) is 0 Å². The Kier molecular flexibility index (Phi) is 11.3. The molecule has 0 fully saturated rings. The van der Waals surface area contributed by atoms with Crippen LogP contribution in [0.1, 0.15) is 25.8 Å². The lowest BCUT2D eigenvalue weighted by Crippen LogP contribution is -2.59. The molecule has 0 heterocycles. The number of rotatable bonds is 13. The van der Waals surface area contributed by atoms with Gasteiger partial charge in [0.2, 0.25) is 17.7 Å². The van der Waals surface area contributed by atoms with Gasteiger partial charge in [-0.05, 0) is 23.6 Å². The molecule has 4 unspecified atom stereocenters. The normalized spacial score (nSPS) is 14.4. The number of benzene rings is 1. The Balaban J connectivity index is 3.14. The Morgan fingerprint density at radius 2 is 1.47 bits per heavy atom. The molecule has 0 spiro atoms. The smallest absolute Gasteiger partial charge is 0.326 e. The van der Waals surface area contributed by atoms with Crippen LogP contribution in [0.3, 0.4) is 0 Å². The van der Waals surface area contributed by atoms with Crippen molar-refractivity contribution in [2.24, 2.45) is 11.7 Å². The Labute approximate surface area is 201 Å². The van der Waals surface area contributed by atoms with E-state index in [-0.39, 0.29) is 17.9 Å². The van der Waals surface area contributed by atoms with Crippen LogP contribution in [0.15, 0.2) is 24.3 Å². The number of carboxylic acid groups (broad SMARTS) is 2. The molecule has 188 valence electrons. The van der Waals surface area contributed by atoms with Gasteiger partial charge in [-0.25, -0.2) is 4.79 Å². The third-order valence-electron chi connectivity index (χ3n) is 4.78. The number of nitrogens with one attached hydrogen (secondary N) is 3. The molecule has 0 aromatic heterocycles. The first-order valence-electron chi connectivity index (χ1n) is 10.4. The first kappa shape index (κ1) is 28.7. The minimum atomic E-state index is -1.72. The highest BCUT2D eigenvalue weighted by Crippen LogP contribution is 2.12. The minimum absolute atomic E-state index is 0.0238. The van der Waals surface area contributed by atoms with Crippen LogP contribution >= 0.6 is 12.6 Å². The van der Waals surface area contributed by atoms with E-state index in [1.807, 2.05) is 0 Å². The van der Waals surface area contributed by atoms with E-state index in [0.29, 0.717) is 5.56 Å². The van der Waals surface area contributed by atoms with Crippen molar-refractivity contribution >= 4 is 42.3 Å². The summed E-state index contributed by atoms with van der Waals surface area (Å²) in [6, 6.07) is 0.674. The summed E-state index contributed by atoms with van der Waals surface area (Å²) in [5.41, 5.74) is 6.16. The fraction of sp³-hybridized carbons (Fsp3) is 0.476. The molecule has 1 aromatic carbocycles. The van der Waals surface area contributed by atoms with Crippen molar-refractivity contribution in [1.82, 2.24) is 16.0 Å². The van der Waals surface area contributed by atoms with E-state index >= 15 is 0 Å². The minimum Gasteiger partial charge on any atom is -0.508 e. The molecule has 0 saturated heterocycles. The number of carboxylic acids is 2. The maximum Gasteiger partial charge on any atom is 0.326 e. The Morgan fingerprint density at radius 3 is 1.94 bits per heavy atom. The van der Waals surface area contributed by atoms with Crippen molar-refractivity contribution in [3.05, 3.63) is 29.8 Å². The number of phenolic OH excluding ortho intramolecular Hbond substituents is 1. The first-order valence-corrected chi connectivity index (χ1v) is 11.0. The van der Waals surface area contributed by atoms with E-state index in [1.54, 1.807) is 13.8 Å². The van der Waals surface area contributed by atoms with E-state index in [9.17, 15) is 34.2 Å². The fourth-order valence-electron chi connectivity index (χ4n) is 2.86. The van der Waals surface area contributed by atoms with Crippen LogP contribution in [0, 0.1) is 5.92 Å². The quantitative estimate of drug-likeness (QED) is 0.154. The van der Waals surface area contributed by atoms with Crippen molar-refractivity contribution in [3.8, 4) is 5.75 Å². The van der Waals surface area contributed by atoms with Crippen LogP contribution in [0.25, 0.3) is 0 Å². The Hall–Kier alpha value is -3.32. The molecule has 0 aliphatic carbocycles. The highest BCUT2D eigenvalue weighted by molar-refractivity contribution is 7.80. The van der Waals surface area contributed by atoms with Gasteiger partial charge in [0.15, 0.2) is 0 Å². The van der Waals surface area contributed by atoms with Gasteiger partial charge in [-0.2, -0.15) is 12.6 Å². The molecule has 0 bridgehead atoms. The van der Waals surface area contributed by atoms with Crippen LogP contribution in [0.2, 0.25) is 0 Å². The zero-order chi connectivity index (χ0) is 26.0. The predicted octanol–water partition coefficient (Wildman–Crippen LogP) is -1.14. The molecule has 0 aliphatic heterocycles. The van der Waals surface area contributed by atoms with Gasteiger partial charge in [-0.1, -0.05) is 26.0 Å². The molecule has 34 heavy (non-hydrogen) atoms. The lowest BCUT2D eigenvalue weighted by molar-refractivity contribution is -0.147. The van der Waals surface area contributed by atoms with E-state index in [1.165, 1.54) is 24.3 Å². The highest BCUT2D eigenvalue weighted by atomic mass is 32.1. The van der Waals surface area contributed by atoms with Crippen molar-refractivity contribution in [3.63, 3.8) is 0 Å². The van der Waals surface area contributed by atoms with E-state index in [4.69, 9.17) is 10.8 Å². The van der Waals surface area contributed by atoms with Crippen LogP contribution in [0.5, 0.6) is 5.75 Å². The van der Waals surface area contributed by atoms with Gasteiger partial charge in [0, 0.05) is 12.2 Å². The largest absolute Gasteiger partial charge is 0.508 e. The number of aliphatic carboxylic acids is 2. The maximum atomic E-state index is 13.0. The lowest BCUT2D eigenvalue weighted by Gasteiger charge is -2.27. The molecular formula is C21H30N4O8S. The zero-order valence-corrected chi connectivity index (χ0v) is 19.6. The Morgan fingerprint density at radius 1 is 0.912 bits per heavy atom. The average molecular weight is 499 g/mol. The molecule has 13 heteroatoms. The number of amides is 3. The summed E-state index contributed by atoms with van der Waals surface area (Å²) in [6.07, 6.45) is -0.973. The zero-order valence-electron chi connectivity index (χ0n) is 18.7. The van der Waals surface area contributed by atoms with E-state index in [2.05, 4.69) is 28.6 Å². The van der Waals surface area contributed by atoms with Gasteiger partial charge >= 0.3 is 11.9 Å². The summed E-state index contributed by atoms with van der Waals surface area (Å²) in [7, 11) is 0. The van der Waals surface area contributed by atoms with Crippen LogP contribution in [0.4, 0.5) is 0 Å². The van der Waals surface area contributed by atoms with Crippen molar-refractivity contribution < 1.29 is 39.3 Å². The van der Waals surface area contributed by atoms with Gasteiger partial charge < -0.3 is 37.0 Å². The van der Waals surface area contributed by atoms with Gasteiger partial charge in [-0.15, -0.1) is 0 Å². The second kappa shape index (κ2) is 13.4. The van der Waals surface area contributed by atoms with Gasteiger partial charge in [0.1, 0.15) is 23.9 Å². The number of aromatic hydroxyl groups is 1. The number of phenols is 1. The molecule has 0 radical (unpaired) electrons. The van der Waals surface area contributed by atoms with Gasteiger partial charge in [-0.3, -0.25) is 19.2 Å². The summed E-state index contributed by atoms with van der Waals surface area (Å²) >= 11 is 3.95. The molecule has 8 N–H and O–H groups in total. The highest BCUT2D eigenvalue weighted by Gasteiger charge is 2.32. The maximum absolute atomic E-state index is 13.0. The van der Waals surface area contributed by atoms with Crippen LogP contribution in [-0.2, 0) is 30.4 Å². The number of hydrogen-bond acceptors (Lipinski definition) is 8. The molecular weight excluding hydrogens is 468 g/mol. The standard InChI is InChI=1S/C21H30N4O8S/c1-10(2)17(25-18(29)13(22)9-34)20(31)23-14(7-11-3-5-12(26)6-4-11)19(30)24-15(21(32)33)8-16(27)28/h3-6,10,13-15,17,26,34H,7-9,22H2,1-2H3,(H,23,31)(H,24,30)(H,25,29)(H,27,28)(H,32,33). The van der Waals surface area contributed by atoms with Crippen molar-refractivity contribution in [2.75, 3.05) is 5.75 Å². The Bertz CT molecular complexity index is 893. The molecule has 0 saturated carbocycles. The van der Waals surface area contributed by atoms with E-state index < -0.39 is 66.2 Å². The summed E-state index contributed by atoms with van der Waals surface area (Å²) in [6.45, 7) is 3.33. The van der Waals surface area contributed by atoms with E-state index in [0.717, 1.165) is 0 Å². The number of nitrogens with two attached hydrogens (primary N) is 1. The average Bonchev–Trinajstić information content (AvgIpc) is 2.76. The number of carbonyl (C=O) groups excluding carboxylic acids is 3. The molecule has 12 nitrogen and oxygen atoms in total. The van der Waals surface area contributed by atoms with Gasteiger partial charge in [0.05, 0.1) is 12.5 Å². The predicted molar refractivity (Wildman–Crippen MR) is 124 cm³/mol. The van der Waals surface area contributed by atoms with Crippen LogP contribution < -0.4 is 21.7 Å². The number of thiol groups is 1. The lowest BCUT2D eigenvalue weighted by atomic mass is 10.00. The molecule has 4 atom stereocenters. The summed E-state index contributed by atoms with van der Waals surface area (Å²) in [5.74, 6) is -5.64. The number of carbonyl (C=O) groups is 5. The van der Waals surface area contributed by atoms with Crippen molar-refractivity contribution in [1.29, 1.82) is 0 Å². The summed E-state index contributed by atoms with van der Waals surface area (Å²) in [4.78, 5) is 60.3. The third kappa shape index (κ3) is 9.27. The second-order valence-corrected chi connectivity index (χ2v) is 8.31. The molecule has 3 amide bonds. The van der Waals surface area contributed by atoms with Crippen LogP contribution in [-0.4, -0.2) is 74.9 Å². The molecule has 0 aliphatic rings. The molecule has 1 rings (SSSR count). The fourth-order valence-corrected chi connectivity index (χ4v) is 3.03. The third-order valence-corrected chi connectivity index (χ3v) is 5.18. The summed E-state index contributed by atoms with van der Waals surface area (Å²) in [5, 5.41) is 34.7. The summed E-state index contributed by atoms with van der Waals surface area (Å²) < 4.78 is 0. The topological polar surface area (TPSA) is 208 Å². The molecule has 1 aromatic rings.